The summed E-state index contributed by atoms with van der Waals surface area (Å²) < 4.78 is 0. The molecular formula is C11H19NO. The van der Waals surface area contributed by atoms with Crippen molar-refractivity contribution in [3.05, 3.63) is 0 Å². The Morgan fingerprint density at radius 1 is 1.38 bits per heavy atom. The Bertz CT molecular complexity index is 214. The summed E-state index contributed by atoms with van der Waals surface area (Å²) in [5.74, 6) is 2.73. The molecule has 0 spiro atoms. The molecule has 2 bridgehead atoms. The standard InChI is InChI=1S/C11H19NO/c1-3-9-4-8-5-10(9)11(6-8)12-7(2)13/h8-11H,3-6H2,1-2H3,(H,12,13)/t8-,9-,10-,11+/m1/s1. The molecule has 2 aliphatic carbocycles. The van der Waals surface area contributed by atoms with E-state index in [1.807, 2.05) is 0 Å². The van der Waals surface area contributed by atoms with Crippen molar-refractivity contribution >= 4 is 5.91 Å². The summed E-state index contributed by atoms with van der Waals surface area (Å²) >= 11 is 0. The third-order valence-corrected chi connectivity index (χ3v) is 3.86. The Balaban J connectivity index is 1.97. The van der Waals surface area contributed by atoms with E-state index in [1.54, 1.807) is 6.92 Å². The zero-order valence-electron chi connectivity index (χ0n) is 8.55. The van der Waals surface area contributed by atoms with Crippen LogP contribution in [0, 0.1) is 17.8 Å². The fourth-order valence-corrected chi connectivity index (χ4v) is 3.39. The molecule has 4 atom stereocenters. The fraction of sp³-hybridized carbons (Fsp3) is 0.909. The van der Waals surface area contributed by atoms with Gasteiger partial charge in [-0.05, 0) is 37.0 Å². The summed E-state index contributed by atoms with van der Waals surface area (Å²) in [5.41, 5.74) is 0. The number of rotatable bonds is 2. The summed E-state index contributed by atoms with van der Waals surface area (Å²) in [4.78, 5) is 11.0. The first kappa shape index (κ1) is 9.04. The first-order valence-corrected chi connectivity index (χ1v) is 5.47. The number of carbonyl (C=O) groups is 1. The molecule has 0 aliphatic heterocycles. The molecule has 1 amide bonds. The molecule has 74 valence electrons. The monoisotopic (exact) mass is 181 g/mol. The molecule has 2 saturated carbocycles. The lowest BCUT2D eigenvalue weighted by Gasteiger charge is -2.29. The molecule has 0 aromatic heterocycles. The number of carbonyl (C=O) groups excluding carboxylic acids is 1. The molecule has 2 fully saturated rings. The molecule has 0 aromatic rings. The van der Waals surface area contributed by atoms with Crippen molar-refractivity contribution in [3.63, 3.8) is 0 Å². The first-order valence-electron chi connectivity index (χ1n) is 5.47. The van der Waals surface area contributed by atoms with E-state index in [-0.39, 0.29) is 5.91 Å². The Morgan fingerprint density at radius 3 is 2.69 bits per heavy atom. The highest BCUT2D eigenvalue weighted by molar-refractivity contribution is 5.73. The van der Waals surface area contributed by atoms with Crippen LogP contribution in [0.3, 0.4) is 0 Å². The summed E-state index contributed by atoms with van der Waals surface area (Å²) in [6.45, 7) is 3.91. The van der Waals surface area contributed by atoms with Gasteiger partial charge in [-0.15, -0.1) is 0 Å². The van der Waals surface area contributed by atoms with Crippen LogP contribution < -0.4 is 5.32 Å². The maximum absolute atomic E-state index is 11.0. The second kappa shape index (κ2) is 3.32. The van der Waals surface area contributed by atoms with Crippen molar-refractivity contribution in [2.75, 3.05) is 0 Å². The van der Waals surface area contributed by atoms with Crippen LogP contribution >= 0.6 is 0 Å². The smallest absolute Gasteiger partial charge is 0.217 e. The van der Waals surface area contributed by atoms with Gasteiger partial charge in [0.15, 0.2) is 0 Å². The molecule has 1 N–H and O–H groups in total. The largest absolute Gasteiger partial charge is 0.353 e. The van der Waals surface area contributed by atoms with Crippen molar-refractivity contribution in [1.82, 2.24) is 5.32 Å². The van der Waals surface area contributed by atoms with Crippen LogP contribution in [-0.4, -0.2) is 11.9 Å². The minimum absolute atomic E-state index is 0.146. The maximum atomic E-state index is 11.0. The SMILES string of the molecule is CC[C@@H]1C[C@@H]2C[C@H]1[C@@H](NC(C)=O)C2. The van der Waals surface area contributed by atoms with Gasteiger partial charge in [0.2, 0.25) is 5.91 Å². The molecule has 0 unspecified atom stereocenters. The number of nitrogens with one attached hydrogen (secondary N) is 1. The lowest BCUT2D eigenvalue weighted by molar-refractivity contribution is -0.120. The van der Waals surface area contributed by atoms with Crippen molar-refractivity contribution < 1.29 is 4.79 Å². The van der Waals surface area contributed by atoms with Gasteiger partial charge in [-0.3, -0.25) is 4.79 Å². The lowest BCUT2D eigenvalue weighted by Crippen LogP contribution is -2.39. The number of hydrogen-bond acceptors (Lipinski definition) is 1. The predicted molar refractivity (Wildman–Crippen MR) is 52.2 cm³/mol. The fourth-order valence-electron chi connectivity index (χ4n) is 3.39. The second-order valence-electron chi connectivity index (χ2n) is 4.71. The van der Waals surface area contributed by atoms with Crippen LogP contribution in [0.2, 0.25) is 0 Å². The molecule has 0 radical (unpaired) electrons. The molecule has 0 saturated heterocycles. The molecule has 0 aromatic carbocycles. The quantitative estimate of drug-likeness (QED) is 0.693. The lowest BCUT2D eigenvalue weighted by atomic mass is 9.83. The van der Waals surface area contributed by atoms with E-state index in [9.17, 15) is 4.79 Å². The zero-order valence-corrected chi connectivity index (χ0v) is 8.55. The summed E-state index contributed by atoms with van der Waals surface area (Å²) in [5, 5.41) is 3.10. The minimum atomic E-state index is 0.146. The van der Waals surface area contributed by atoms with Gasteiger partial charge in [0.1, 0.15) is 0 Å². The van der Waals surface area contributed by atoms with Crippen LogP contribution in [0.1, 0.15) is 39.5 Å². The summed E-state index contributed by atoms with van der Waals surface area (Å²) in [6, 6.07) is 0.501. The third kappa shape index (κ3) is 1.59. The van der Waals surface area contributed by atoms with Gasteiger partial charge in [-0.25, -0.2) is 0 Å². The van der Waals surface area contributed by atoms with Gasteiger partial charge >= 0.3 is 0 Å². The van der Waals surface area contributed by atoms with Gasteiger partial charge in [-0.1, -0.05) is 13.3 Å². The summed E-state index contributed by atoms with van der Waals surface area (Å²) in [7, 11) is 0. The third-order valence-electron chi connectivity index (χ3n) is 3.86. The van der Waals surface area contributed by atoms with Crippen molar-refractivity contribution in [1.29, 1.82) is 0 Å². The van der Waals surface area contributed by atoms with Crippen LogP contribution in [0.25, 0.3) is 0 Å². The Hall–Kier alpha value is -0.530. The van der Waals surface area contributed by atoms with E-state index in [4.69, 9.17) is 0 Å². The Labute approximate surface area is 80.1 Å². The number of hydrogen-bond donors (Lipinski definition) is 1. The molecule has 2 heteroatoms. The highest BCUT2D eigenvalue weighted by Gasteiger charge is 2.45. The van der Waals surface area contributed by atoms with E-state index in [0.29, 0.717) is 6.04 Å². The minimum Gasteiger partial charge on any atom is -0.353 e. The van der Waals surface area contributed by atoms with E-state index in [1.165, 1.54) is 25.7 Å². The van der Waals surface area contributed by atoms with Gasteiger partial charge in [0.05, 0.1) is 0 Å². The Kier molecular flexibility index (Phi) is 2.31. The average Bonchev–Trinajstić information content (AvgIpc) is 2.60. The molecule has 13 heavy (non-hydrogen) atoms. The molecule has 2 aliphatic rings. The number of amides is 1. The predicted octanol–water partition coefficient (Wildman–Crippen LogP) is 1.95. The topological polar surface area (TPSA) is 29.1 Å². The van der Waals surface area contributed by atoms with Crippen molar-refractivity contribution in [2.24, 2.45) is 17.8 Å². The van der Waals surface area contributed by atoms with Gasteiger partial charge in [0.25, 0.3) is 0 Å². The maximum Gasteiger partial charge on any atom is 0.217 e. The van der Waals surface area contributed by atoms with E-state index in [2.05, 4.69) is 12.2 Å². The van der Waals surface area contributed by atoms with E-state index in [0.717, 1.165) is 17.8 Å². The highest BCUT2D eigenvalue weighted by atomic mass is 16.1. The molecule has 0 heterocycles. The average molecular weight is 181 g/mol. The highest BCUT2D eigenvalue weighted by Crippen LogP contribution is 2.49. The van der Waals surface area contributed by atoms with E-state index >= 15 is 0 Å². The van der Waals surface area contributed by atoms with Crippen LogP contribution in [0.5, 0.6) is 0 Å². The van der Waals surface area contributed by atoms with Gasteiger partial charge in [-0.2, -0.15) is 0 Å². The second-order valence-corrected chi connectivity index (χ2v) is 4.71. The first-order chi connectivity index (χ1) is 6.20. The van der Waals surface area contributed by atoms with Crippen molar-refractivity contribution in [2.45, 2.75) is 45.6 Å². The molecule has 2 nitrogen and oxygen atoms in total. The van der Waals surface area contributed by atoms with Gasteiger partial charge < -0.3 is 5.32 Å². The summed E-state index contributed by atoms with van der Waals surface area (Å²) in [6.07, 6.45) is 5.30. The molecule has 2 rings (SSSR count). The van der Waals surface area contributed by atoms with Crippen molar-refractivity contribution in [3.8, 4) is 0 Å². The zero-order chi connectivity index (χ0) is 9.42. The van der Waals surface area contributed by atoms with Crippen LogP contribution in [0.4, 0.5) is 0 Å². The van der Waals surface area contributed by atoms with Gasteiger partial charge in [0, 0.05) is 13.0 Å². The number of fused-ring (bicyclic) bond motifs is 2. The molecular weight excluding hydrogens is 162 g/mol. The van der Waals surface area contributed by atoms with Crippen LogP contribution in [-0.2, 0) is 4.79 Å². The van der Waals surface area contributed by atoms with Crippen LogP contribution in [0.15, 0.2) is 0 Å². The Morgan fingerprint density at radius 2 is 2.15 bits per heavy atom. The normalized spacial score (nSPS) is 42.3. The van der Waals surface area contributed by atoms with E-state index < -0.39 is 0 Å².